The summed E-state index contributed by atoms with van der Waals surface area (Å²) < 4.78 is 69.0. The van der Waals surface area contributed by atoms with E-state index in [4.69, 9.17) is 0 Å². The number of carbonyl (C=O) groups is 2. The maximum atomic E-state index is 13.2. The summed E-state index contributed by atoms with van der Waals surface area (Å²) in [5.74, 6) is -1.20. The molecule has 2 aromatic carbocycles. The van der Waals surface area contributed by atoms with Crippen LogP contribution in [-0.4, -0.2) is 30.0 Å². The molecule has 0 fully saturated rings. The van der Waals surface area contributed by atoms with Crippen LogP contribution in [0, 0.1) is 0 Å². The van der Waals surface area contributed by atoms with Crippen LogP contribution in [0.25, 0.3) is 5.69 Å². The van der Waals surface area contributed by atoms with Gasteiger partial charge in [-0.3, -0.25) is 14.3 Å². The Balaban J connectivity index is 1.75. The zero-order valence-electron chi connectivity index (χ0n) is 16.0. The lowest BCUT2D eigenvalue weighted by atomic mass is 10.1. The lowest BCUT2D eigenvalue weighted by molar-refractivity contribution is -0.137. The number of rotatable bonds is 4. The number of carbonyl (C=O) groups excluding carboxylic acids is 2. The fraction of sp³-hybridized carbons (Fsp3) is 0.105. The molecule has 1 aliphatic heterocycles. The Hall–Kier alpha value is -3.87. The topological polar surface area (TPSA) is 122 Å². The van der Waals surface area contributed by atoms with Gasteiger partial charge in [0.15, 0.2) is 0 Å². The van der Waals surface area contributed by atoms with Crippen molar-refractivity contribution >= 4 is 38.9 Å². The van der Waals surface area contributed by atoms with E-state index >= 15 is 0 Å². The van der Waals surface area contributed by atoms with Crippen LogP contribution in [0.1, 0.15) is 12.0 Å². The van der Waals surface area contributed by atoms with Gasteiger partial charge in [-0.05, 0) is 42.5 Å². The van der Waals surface area contributed by atoms with E-state index in [-0.39, 0.29) is 27.6 Å². The van der Waals surface area contributed by atoms with Crippen LogP contribution in [0.15, 0.2) is 59.8 Å². The van der Waals surface area contributed by atoms with Crippen LogP contribution in [0.2, 0.25) is 0 Å². The highest BCUT2D eigenvalue weighted by atomic mass is 32.2. The molecule has 13 heteroatoms. The molecule has 2 heterocycles. The minimum Gasteiger partial charge on any atom is -0.324 e. The van der Waals surface area contributed by atoms with Gasteiger partial charge in [0, 0.05) is 12.4 Å². The third kappa shape index (κ3) is 4.27. The molecule has 0 bridgehead atoms. The van der Waals surface area contributed by atoms with Crippen molar-refractivity contribution in [1.82, 2.24) is 9.78 Å². The number of nitrogens with one attached hydrogen (secondary N) is 3. The van der Waals surface area contributed by atoms with Crippen LogP contribution in [-0.2, 0) is 25.8 Å². The molecule has 4 rings (SSSR count). The van der Waals surface area contributed by atoms with Gasteiger partial charge in [-0.1, -0.05) is 0 Å². The molecule has 0 spiro atoms. The van der Waals surface area contributed by atoms with E-state index in [2.05, 4.69) is 20.5 Å². The average Bonchev–Trinajstić information content (AvgIpc) is 3.17. The largest absolute Gasteiger partial charge is 0.416 e. The zero-order valence-corrected chi connectivity index (χ0v) is 16.8. The summed E-state index contributed by atoms with van der Waals surface area (Å²) in [7, 11) is -4.39. The number of anilines is 3. The van der Waals surface area contributed by atoms with Crippen molar-refractivity contribution < 1.29 is 31.2 Å². The van der Waals surface area contributed by atoms with E-state index in [1.807, 2.05) is 0 Å². The lowest BCUT2D eigenvalue weighted by Gasteiger charge is -2.16. The second-order valence-electron chi connectivity index (χ2n) is 6.77. The molecule has 3 aromatic rings. The number of halogens is 3. The standard InChI is InChI=1S/C19H14F3N5O4S/c20-19(21,22)11-2-5-16(27-7-1-6-23-27)15(8-11)26-32(30,31)12-3-4-13-14(9-12)25-18(29)10-17(28)24-13/h1-9,26H,10H2,(H,24,28)(H,25,29). The Morgan fingerprint density at radius 2 is 1.72 bits per heavy atom. The monoisotopic (exact) mass is 465 g/mol. The summed E-state index contributed by atoms with van der Waals surface area (Å²) in [6.45, 7) is 0. The van der Waals surface area contributed by atoms with Gasteiger partial charge >= 0.3 is 6.18 Å². The van der Waals surface area contributed by atoms with Crippen LogP contribution in [0.3, 0.4) is 0 Å². The van der Waals surface area contributed by atoms with Crippen molar-refractivity contribution in [2.45, 2.75) is 17.5 Å². The first-order valence-corrected chi connectivity index (χ1v) is 10.5. The third-order valence-electron chi connectivity index (χ3n) is 4.49. The van der Waals surface area contributed by atoms with Crippen LogP contribution < -0.4 is 15.4 Å². The van der Waals surface area contributed by atoms with Crippen molar-refractivity contribution in [3.8, 4) is 5.69 Å². The smallest absolute Gasteiger partial charge is 0.324 e. The van der Waals surface area contributed by atoms with Crippen LogP contribution in [0.5, 0.6) is 0 Å². The summed E-state index contributed by atoms with van der Waals surface area (Å²) in [4.78, 5) is 23.1. The molecular formula is C19H14F3N5O4S. The maximum Gasteiger partial charge on any atom is 0.416 e. The second-order valence-corrected chi connectivity index (χ2v) is 8.45. The molecule has 2 amide bonds. The summed E-state index contributed by atoms with van der Waals surface area (Å²) in [5, 5.41) is 8.81. The molecule has 166 valence electrons. The number of hydrogen-bond acceptors (Lipinski definition) is 5. The van der Waals surface area contributed by atoms with E-state index in [1.54, 1.807) is 0 Å². The van der Waals surface area contributed by atoms with Crippen LogP contribution >= 0.6 is 0 Å². The minimum absolute atomic E-state index is 0.0417. The van der Waals surface area contributed by atoms with Crippen LogP contribution in [0.4, 0.5) is 30.2 Å². The fourth-order valence-corrected chi connectivity index (χ4v) is 4.14. The average molecular weight is 465 g/mol. The van der Waals surface area contributed by atoms with Gasteiger partial charge in [-0.2, -0.15) is 18.3 Å². The highest BCUT2D eigenvalue weighted by Crippen LogP contribution is 2.35. The maximum absolute atomic E-state index is 13.2. The molecule has 0 saturated heterocycles. The number of hydrogen-bond donors (Lipinski definition) is 3. The third-order valence-corrected chi connectivity index (χ3v) is 5.85. The quantitative estimate of drug-likeness (QED) is 0.512. The van der Waals surface area contributed by atoms with Crippen molar-refractivity contribution in [2.24, 2.45) is 0 Å². The van der Waals surface area contributed by atoms with Crippen molar-refractivity contribution in [2.75, 3.05) is 15.4 Å². The summed E-state index contributed by atoms with van der Waals surface area (Å²) in [5.41, 5.74) is -1.10. The summed E-state index contributed by atoms with van der Waals surface area (Å²) in [6.07, 6.45) is -2.30. The number of fused-ring (bicyclic) bond motifs is 1. The first-order valence-electron chi connectivity index (χ1n) is 9.01. The Morgan fingerprint density at radius 3 is 2.38 bits per heavy atom. The molecule has 0 radical (unpaired) electrons. The number of aromatic nitrogens is 2. The van der Waals surface area contributed by atoms with Gasteiger partial charge in [0.25, 0.3) is 10.0 Å². The van der Waals surface area contributed by atoms with Gasteiger partial charge < -0.3 is 10.6 Å². The van der Waals surface area contributed by atoms with Gasteiger partial charge in [-0.25, -0.2) is 13.1 Å². The predicted molar refractivity (Wildman–Crippen MR) is 108 cm³/mol. The molecule has 0 atom stereocenters. The van der Waals surface area contributed by atoms with Gasteiger partial charge in [0.05, 0.1) is 33.2 Å². The predicted octanol–water partition coefficient (Wildman–Crippen LogP) is 2.97. The highest BCUT2D eigenvalue weighted by molar-refractivity contribution is 7.92. The molecule has 3 N–H and O–H groups in total. The Labute approximate surface area is 179 Å². The lowest BCUT2D eigenvalue weighted by Crippen LogP contribution is -2.17. The molecule has 0 unspecified atom stereocenters. The van der Waals surface area contributed by atoms with Gasteiger partial charge in [0.2, 0.25) is 11.8 Å². The van der Waals surface area contributed by atoms with Crippen molar-refractivity contribution in [1.29, 1.82) is 0 Å². The SMILES string of the molecule is O=C1CC(=O)Nc2cc(S(=O)(=O)Nc3cc(C(F)(F)F)ccc3-n3cccn3)ccc2N1. The van der Waals surface area contributed by atoms with E-state index in [9.17, 15) is 31.2 Å². The minimum atomic E-state index is -4.70. The van der Waals surface area contributed by atoms with Crippen molar-refractivity contribution in [3.63, 3.8) is 0 Å². The number of nitrogens with zero attached hydrogens (tertiary/aromatic N) is 2. The molecule has 32 heavy (non-hydrogen) atoms. The summed E-state index contributed by atoms with van der Waals surface area (Å²) >= 11 is 0. The van der Waals surface area contributed by atoms with E-state index < -0.39 is 40.0 Å². The molecule has 1 aromatic heterocycles. The number of benzene rings is 2. The highest BCUT2D eigenvalue weighted by Gasteiger charge is 2.32. The van der Waals surface area contributed by atoms with Gasteiger partial charge in [-0.15, -0.1) is 0 Å². The van der Waals surface area contributed by atoms with Crippen molar-refractivity contribution in [3.05, 3.63) is 60.4 Å². The Bertz CT molecular complexity index is 1320. The van der Waals surface area contributed by atoms with E-state index in [1.165, 1.54) is 29.2 Å². The number of amides is 2. The fourth-order valence-electron chi connectivity index (χ4n) is 3.05. The molecule has 9 nitrogen and oxygen atoms in total. The van der Waals surface area contributed by atoms with E-state index in [0.717, 1.165) is 24.3 Å². The normalized spacial score (nSPS) is 14.2. The number of sulfonamides is 1. The first-order chi connectivity index (χ1) is 15.0. The first kappa shape index (κ1) is 21.4. The molecule has 0 saturated carbocycles. The Morgan fingerprint density at radius 1 is 1.00 bits per heavy atom. The number of alkyl halides is 3. The second kappa shape index (κ2) is 7.67. The molecular weight excluding hydrogens is 451 g/mol. The molecule has 1 aliphatic rings. The molecule has 0 aliphatic carbocycles. The van der Waals surface area contributed by atoms with Gasteiger partial charge in [0.1, 0.15) is 6.42 Å². The zero-order chi connectivity index (χ0) is 23.1. The summed E-state index contributed by atoms with van der Waals surface area (Å²) in [6, 6.07) is 7.63. The van der Waals surface area contributed by atoms with E-state index in [0.29, 0.717) is 6.07 Å². The Kier molecular flexibility index (Phi) is 5.12.